The highest BCUT2D eigenvalue weighted by Crippen LogP contribution is 2.34. The average Bonchev–Trinajstić information content (AvgIpc) is 3.00. The van der Waals surface area contributed by atoms with Crippen LogP contribution in [0.2, 0.25) is 0 Å². The van der Waals surface area contributed by atoms with Gasteiger partial charge in [0.05, 0.1) is 12.7 Å². The zero-order chi connectivity index (χ0) is 14.3. The maximum absolute atomic E-state index is 12.7. The summed E-state index contributed by atoms with van der Waals surface area (Å²) < 4.78 is 28.6. The van der Waals surface area contributed by atoms with Crippen molar-refractivity contribution in [1.82, 2.24) is 24.1 Å². The summed E-state index contributed by atoms with van der Waals surface area (Å²) in [6, 6.07) is 0.0194. The van der Waals surface area contributed by atoms with E-state index < -0.39 is 10.0 Å². The molecule has 3 N–H and O–H groups in total. The minimum atomic E-state index is -3.66. The zero-order valence-electron chi connectivity index (χ0n) is 11.0. The molecule has 2 aromatic heterocycles. The summed E-state index contributed by atoms with van der Waals surface area (Å²) >= 11 is 0. The van der Waals surface area contributed by atoms with E-state index in [0.717, 1.165) is 12.8 Å². The molecule has 1 aliphatic rings. The zero-order valence-corrected chi connectivity index (χ0v) is 11.8. The van der Waals surface area contributed by atoms with Crippen LogP contribution in [0.1, 0.15) is 18.7 Å². The highest BCUT2D eigenvalue weighted by molar-refractivity contribution is 7.89. The number of hydrogen-bond acceptors (Lipinski definition) is 5. The lowest BCUT2D eigenvalue weighted by atomic mass is 10.5. The molecular weight excluding hydrogens is 280 g/mol. The van der Waals surface area contributed by atoms with E-state index in [1.807, 2.05) is 11.6 Å². The molecule has 0 radical (unpaired) electrons. The second-order valence-corrected chi connectivity index (χ2v) is 6.74. The van der Waals surface area contributed by atoms with Gasteiger partial charge in [0, 0.05) is 25.5 Å². The minimum absolute atomic E-state index is 0.0194. The first-order chi connectivity index (χ1) is 9.50. The molecule has 0 aliphatic heterocycles. The predicted octanol–water partition coefficient (Wildman–Crippen LogP) is 0.0787. The van der Waals surface area contributed by atoms with Gasteiger partial charge in [0.1, 0.15) is 16.5 Å². The van der Waals surface area contributed by atoms with E-state index in [1.165, 1.54) is 10.5 Å². The van der Waals surface area contributed by atoms with Crippen LogP contribution in [-0.4, -0.2) is 38.5 Å². The van der Waals surface area contributed by atoms with E-state index in [9.17, 15) is 8.42 Å². The molecule has 8 nitrogen and oxygen atoms in total. The Hall–Kier alpha value is -1.87. The maximum atomic E-state index is 12.7. The van der Waals surface area contributed by atoms with Crippen LogP contribution in [0.5, 0.6) is 0 Å². The van der Waals surface area contributed by atoms with Gasteiger partial charge in [0.25, 0.3) is 0 Å². The van der Waals surface area contributed by atoms with Crippen molar-refractivity contribution in [2.75, 3.05) is 5.73 Å². The highest BCUT2D eigenvalue weighted by atomic mass is 32.2. The monoisotopic (exact) mass is 296 g/mol. The molecule has 0 unspecified atom stereocenters. The topological polar surface area (TPSA) is 110 Å². The normalized spacial score (nSPS) is 15.9. The smallest absolute Gasteiger partial charge is 0.248 e. The molecule has 20 heavy (non-hydrogen) atoms. The van der Waals surface area contributed by atoms with E-state index in [0.29, 0.717) is 5.82 Å². The fourth-order valence-corrected chi connectivity index (χ4v) is 3.73. The van der Waals surface area contributed by atoms with Gasteiger partial charge in [-0.25, -0.2) is 13.4 Å². The Morgan fingerprint density at radius 2 is 2.30 bits per heavy atom. The van der Waals surface area contributed by atoms with Gasteiger partial charge in [0.15, 0.2) is 0 Å². The SMILES string of the molecule is Cn1ccnc1CN(C1CC1)S(=O)(=O)c1cn[nH]c1N. The fourth-order valence-electron chi connectivity index (χ4n) is 2.08. The van der Waals surface area contributed by atoms with Gasteiger partial charge in [0.2, 0.25) is 10.0 Å². The Morgan fingerprint density at radius 3 is 2.80 bits per heavy atom. The molecular formula is C11H16N6O2S. The van der Waals surface area contributed by atoms with Crippen LogP contribution in [0.3, 0.4) is 0 Å². The number of nitrogens with two attached hydrogens (primary N) is 1. The predicted molar refractivity (Wildman–Crippen MR) is 72.0 cm³/mol. The van der Waals surface area contributed by atoms with Crippen LogP contribution in [0.25, 0.3) is 0 Å². The molecule has 1 fully saturated rings. The van der Waals surface area contributed by atoms with Crippen LogP contribution in [0.4, 0.5) is 5.82 Å². The number of aromatic amines is 1. The van der Waals surface area contributed by atoms with Gasteiger partial charge in [-0.1, -0.05) is 0 Å². The molecule has 0 aromatic carbocycles. The molecule has 1 aliphatic carbocycles. The van der Waals surface area contributed by atoms with E-state index in [-0.39, 0.29) is 23.3 Å². The Kier molecular flexibility index (Phi) is 3.02. The van der Waals surface area contributed by atoms with Gasteiger partial charge in [-0.3, -0.25) is 5.10 Å². The van der Waals surface area contributed by atoms with E-state index in [1.54, 1.807) is 12.4 Å². The van der Waals surface area contributed by atoms with Crippen molar-refractivity contribution in [3.05, 3.63) is 24.4 Å². The molecule has 3 rings (SSSR count). The molecule has 0 atom stereocenters. The van der Waals surface area contributed by atoms with Crippen molar-refractivity contribution in [2.45, 2.75) is 30.3 Å². The Balaban J connectivity index is 1.95. The van der Waals surface area contributed by atoms with Gasteiger partial charge >= 0.3 is 0 Å². The number of sulfonamides is 1. The largest absolute Gasteiger partial charge is 0.383 e. The van der Waals surface area contributed by atoms with Crippen molar-refractivity contribution in [3.63, 3.8) is 0 Å². The van der Waals surface area contributed by atoms with Crippen molar-refractivity contribution < 1.29 is 8.42 Å². The van der Waals surface area contributed by atoms with Gasteiger partial charge in [-0.15, -0.1) is 0 Å². The van der Waals surface area contributed by atoms with Crippen LogP contribution < -0.4 is 5.73 Å². The summed E-state index contributed by atoms with van der Waals surface area (Å²) in [5.41, 5.74) is 5.64. The maximum Gasteiger partial charge on any atom is 0.248 e. The molecule has 2 aromatic rings. The molecule has 108 valence electrons. The third kappa shape index (κ3) is 2.18. The first-order valence-corrected chi connectivity index (χ1v) is 7.71. The number of nitrogen functional groups attached to an aromatic ring is 1. The van der Waals surface area contributed by atoms with E-state index in [4.69, 9.17) is 5.73 Å². The lowest BCUT2D eigenvalue weighted by Crippen LogP contribution is -2.33. The number of H-pyrrole nitrogens is 1. The number of aromatic nitrogens is 4. The quantitative estimate of drug-likeness (QED) is 0.812. The number of nitrogens with one attached hydrogen (secondary N) is 1. The molecule has 1 saturated carbocycles. The summed E-state index contributed by atoms with van der Waals surface area (Å²) in [5.74, 6) is 0.762. The number of anilines is 1. The first-order valence-electron chi connectivity index (χ1n) is 6.27. The summed E-state index contributed by atoms with van der Waals surface area (Å²) in [6.45, 7) is 0.237. The van der Waals surface area contributed by atoms with E-state index in [2.05, 4.69) is 15.2 Å². The van der Waals surface area contributed by atoms with Crippen LogP contribution in [0.15, 0.2) is 23.5 Å². The Labute approximate surface area is 116 Å². The lowest BCUT2D eigenvalue weighted by Gasteiger charge is -2.21. The number of aryl methyl sites for hydroxylation is 1. The number of nitrogens with zero attached hydrogens (tertiary/aromatic N) is 4. The molecule has 2 heterocycles. The Morgan fingerprint density at radius 1 is 1.55 bits per heavy atom. The van der Waals surface area contributed by atoms with Crippen LogP contribution >= 0.6 is 0 Å². The summed E-state index contributed by atoms with van der Waals surface area (Å²) in [7, 11) is -1.82. The molecule has 0 saturated heterocycles. The van der Waals surface area contributed by atoms with Crippen LogP contribution in [0, 0.1) is 0 Å². The van der Waals surface area contributed by atoms with Crippen LogP contribution in [-0.2, 0) is 23.6 Å². The molecule has 0 amide bonds. The fraction of sp³-hybridized carbons (Fsp3) is 0.455. The van der Waals surface area contributed by atoms with Crippen molar-refractivity contribution in [2.24, 2.45) is 7.05 Å². The Bertz CT molecular complexity index is 715. The number of imidazole rings is 1. The number of rotatable bonds is 5. The third-order valence-corrected chi connectivity index (χ3v) is 5.32. The highest BCUT2D eigenvalue weighted by Gasteiger charge is 2.40. The van der Waals surface area contributed by atoms with Gasteiger partial charge in [-0.2, -0.15) is 9.40 Å². The van der Waals surface area contributed by atoms with Crippen molar-refractivity contribution in [1.29, 1.82) is 0 Å². The lowest BCUT2D eigenvalue weighted by molar-refractivity contribution is 0.385. The summed E-state index contributed by atoms with van der Waals surface area (Å²) in [6.07, 6.45) is 6.42. The van der Waals surface area contributed by atoms with Crippen molar-refractivity contribution >= 4 is 15.8 Å². The summed E-state index contributed by atoms with van der Waals surface area (Å²) in [4.78, 5) is 4.21. The van der Waals surface area contributed by atoms with Gasteiger partial charge < -0.3 is 10.3 Å². The molecule has 9 heteroatoms. The molecule has 0 spiro atoms. The van der Waals surface area contributed by atoms with Gasteiger partial charge in [-0.05, 0) is 12.8 Å². The molecule has 0 bridgehead atoms. The second kappa shape index (κ2) is 4.60. The standard InChI is InChI=1S/C11H16N6O2S/c1-16-5-4-13-10(16)7-17(8-2-3-8)20(18,19)9-6-14-15-11(9)12/h4-6,8H,2-3,7H2,1H3,(H3,12,14,15). The number of hydrogen-bond donors (Lipinski definition) is 2. The third-order valence-electron chi connectivity index (χ3n) is 3.39. The van der Waals surface area contributed by atoms with E-state index >= 15 is 0 Å². The first kappa shape index (κ1) is 13.1. The summed E-state index contributed by atoms with van der Waals surface area (Å²) in [5, 5.41) is 6.15. The average molecular weight is 296 g/mol. The second-order valence-electron chi connectivity index (χ2n) is 4.88. The van der Waals surface area contributed by atoms with Crippen molar-refractivity contribution in [3.8, 4) is 0 Å². The minimum Gasteiger partial charge on any atom is -0.383 e.